The van der Waals surface area contributed by atoms with Gasteiger partial charge in [0.05, 0.1) is 23.8 Å². The van der Waals surface area contributed by atoms with Crippen LogP contribution in [-0.4, -0.2) is 59.9 Å². The molecule has 4 rings (SSSR count). The van der Waals surface area contributed by atoms with Crippen LogP contribution in [0, 0.1) is 12.3 Å². The fourth-order valence-corrected chi connectivity index (χ4v) is 5.32. The van der Waals surface area contributed by atoms with Gasteiger partial charge in [-0.2, -0.15) is 0 Å². The van der Waals surface area contributed by atoms with Gasteiger partial charge in [-0.3, -0.25) is 19.2 Å². The second-order valence-corrected chi connectivity index (χ2v) is 12.6. The first-order valence-electron chi connectivity index (χ1n) is 15.0. The third-order valence-corrected chi connectivity index (χ3v) is 7.53. The van der Waals surface area contributed by atoms with E-state index in [1.54, 1.807) is 12.1 Å². The number of amides is 3. The number of carboxylic acid groups (broad SMARTS) is 1. The van der Waals surface area contributed by atoms with Gasteiger partial charge < -0.3 is 25.5 Å². The highest BCUT2D eigenvalue weighted by Crippen LogP contribution is 2.30. The Morgan fingerprint density at radius 1 is 0.864 bits per heavy atom. The van der Waals surface area contributed by atoms with Crippen LogP contribution in [0.2, 0.25) is 0 Å². The van der Waals surface area contributed by atoms with Crippen molar-refractivity contribution in [2.45, 2.75) is 53.0 Å². The van der Waals surface area contributed by atoms with Crippen LogP contribution < -0.4 is 15.5 Å². The van der Waals surface area contributed by atoms with Gasteiger partial charge in [0.15, 0.2) is 0 Å². The minimum atomic E-state index is -1.03. The highest BCUT2D eigenvalue weighted by atomic mass is 16.4. The van der Waals surface area contributed by atoms with E-state index in [-0.39, 0.29) is 30.1 Å². The fraction of sp³-hybridized carbons (Fsp3) is 0.371. The number of carbonyl (C=O) groups is 4. The van der Waals surface area contributed by atoms with Crippen molar-refractivity contribution in [1.82, 2.24) is 10.2 Å². The molecule has 0 aliphatic carbocycles. The Labute approximate surface area is 259 Å². The zero-order valence-corrected chi connectivity index (χ0v) is 25.9. The second-order valence-electron chi connectivity index (χ2n) is 12.6. The van der Waals surface area contributed by atoms with Crippen LogP contribution >= 0.6 is 0 Å². The molecule has 1 aliphatic heterocycles. The standard InChI is InChI=1S/C35H42N4O5/c1-24-11-13-25(14-12-24)28(22-32(41)42)37-33(43)27-15-16-30(29(21-27)36-31(40)23-35(2,3)4)38-17-8-18-39(20-19-38)34(44)26-9-6-5-7-10-26/h5-7,9-16,21,28H,8,17-20,22-23H2,1-4H3,(H,36,40)(H,37,43)(H,41,42). The first-order chi connectivity index (χ1) is 20.9. The summed E-state index contributed by atoms with van der Waals surface area (Å²) in [4.78, 5) is 55.2. The van der Waals surface area contributed by atoms with Crippen LogP contribution in [0.25, 0.3) is 0 Å². The monoisotopic (exact) mass is 598 g/mol. The second kappa shape index (κ2) is 14.2. The average molecular weight is 599 g/mol. The van der Waals surface area contributed by atoms with Gasteiger partial charge in [0, 0.05) is 43.7 Å². The van der Waals surface area contributed by atoms with Crippen LogP contribution in [-0.2, 0) is 9.59 Å². The van der Waals surface area contributed by atoms with Gasteiger partial charge in [0.25, 0.3) is 11.8 Å². The molecule has 44 heavy (non-hydrogen) atoms. The summed E-state index contributed by atoms with van der Waals surface area (Å²) in [5.74, 6) is -1.65. The summed E-state index contributed by atoms with van der Waals surface area (Å²) >= 11 is 0. The molecule has 3 N–H and O–H groups in total. The molecule has 0 spiro atoms. The molecule has 0 bridgehead atoms. The molecule has 3 aromatic rings. The highest BCUT2D eigenvalue weighted by Gasteiger charge is 2.25. The Hall–Kier alpha value is -4.66. The van der Waals surface area contributed by atoms with Crippen molar-refractivity contribution in [3.05, 3.63) is 95.1 Å². The predicted octanol–water partition coefficient (Wildman–Crippen LogP) is 5.67. The number of benzene rings is 3. The molecule has 1 heterocycles. The zero-order valence-electron chi connectivity index (χ0n) is 25.9. The molecular formula is C35H42N4O5. The normalized spacial score (nSPS) is 14.4. The number of rotatable bonds is 9. The van der Waals surface area contributed by atoms with Gasteiger partial charge in [0.2, 0.25) is 5.91 Å². The van der Waals surface area contributed by atoms with Crippen molar-refractivity contribution >= 4 is 35.1 Å². The van der Waals surface area contributed by atoms with Crippen LogP contribution in [0.4, 0.5) is 11.4 Å². The van der Waals surface area contributed by atoms with Crippen LogP contribution in [0.3, 0.4) is 0 Å². The van der Waals surface area contributed by atoms with Gasteiger partial charge in [-0.25, -0.2) is 0 Å². The summed E-state index contributed by atoms with van der Waals surface area (Å²) in [6.07, 6.45) is 0.758. The van der Waals surface area contributed by atoms with Crippen molar-refractivity contribution < 1.29 is 24.3 Å². The number of hydrogen-bond donors (Lipinski definition) is 3. The van der Waals surface area contributed by atoms with Gasteiger partial charge in [0.1, 0.15) is 0 Å². The number of aliphatic carboxylic acids is 1. The van der Waals surface area contributed by atoms with E-state index in [2.05, 4.69) is 15.5 Å². The number of carboxylic acids is 1. The fourth-order valence-electron chi connectivity index (χ4n) is 5.32. The molecule has 0 aromatic heterocycles. The molecule has 0 saturated carbocycles. The van der Waals surface area contributed by atoms with Gasteiger partial charge in [-0.15, -0.1) is 0 Å². The maximum atomic E-state index is 13.5. The van der Waals surface area contributed by atoms with Crippen molar-refractivity contribution in [3.8, 4) is 0 Å². The average Bonchev–Trinajstić information content (AvgIpc) is 3.22. The maximum Gasteiger partial charge on any atom is 0.305 e. The number of anilines is 2. The van der Waals surface area contributed by atoms with E-state index in [0.29, 0.717) is 48.6 Å². The molecule has 9 heteroatoms. The van der Waals surface area contributed by atoms with E-state index in [0.717, 1.165) is 17.7 Å². The molecule has 9 nitrogen and oxygen atoms in total. The van der Waals surface area contributed by atoms with Crippen molar-refractivity contribution in [3.63, 3.8) is 0 Å². The minimum absolute atomic E-state index is 0.0114. The van der Waals surface area contributed by atoms with E-state index >= 15 is 0 Å². The molecule has 3 aromatic carbocycles. The molecule has 1 unspecified atom stereocenters. The molecule has 3 amide bonds. The molecule has 1 fully saturated rings. The summed E-state index contributed by atoms with van der Waals surface area (Å²) in [6.45, 7) is 10.2. The van der Waals surface area contributed by atoms with Gasteiger partial charge >= 0.3 is 5.97 Å². The van der Waals surface area contributed by atoms with E-state index in [9.17, 15) is 24.3 Å². The Bertz CT molecular complexity index is 1480. The van der Waals surface area contributed by atoms with E-state index in [1.165, 1.54) is 0 Å². The lowest BCUT2D eigenvalue weighted by Crippen LogP contribution is -2.35. The zero-order chi connectivity index (χ0) is 31.9. The lowest BCUT2D eigenvalue weighted by molar-refractivity contribution is -0.137. The highest BCUT2D eigenvalue weighted by molar-refractivity contribution is 6.00. The summed E-state index contributed by atoms with van der Waals surface area (Å²) in [5, 5.41) is 15.4. The largest absolute Gasteiger partial charge is 0.481 e. The number of hydrogen-bond acceptors (Lipinski definition) is 5. The van der Waals surface area contributed by atoms with E-state index < -0.39 is 17.9 Å². The topological polar surface area (TPSA) is 119 Å². The van der Waals surface area contributed by atoms with Gasteiger partial charge in [-0.05, 0) is 54.7 Å². The lowest BCUT2D eigenvalue weighted by Gasteiger charge is -2.27. The van der Waals surface area contributed by atoms with Crippen LogP contribution in [0.1, 0.15) is 77.9 Å². The molecule has 232 valence electrons. The maximum absolute atomic E-state index is 13.5. The summed E-state index contributed by atoms with van der Waals surface area (Å²) in [5.41, 5.74) is 3.70. The minimum Gasteiger partial charge on any atom is -0.481 e. The predicted molar refractivity (Wildman–Crippen MR) is 172 cm³/mol. The quantitative estimate of drug-likeness (QED) is 0.292. The molecule has 1 saturated heterocycles. The number of nitrogens with zero attached hydrogens (tertiary/aromatic N) is 2. The summed E-state index contributed by atoms with van der Waals surface area (Å²) in [7, 11) is 0. The third kappa shape index (κ3) is 8.92. The van der Waals surface area contributed by atoms with Crippen molar-refractivity contribution in [1.29, 1.82) is 0 Å². The Morgan fingerprint density at radius 2 is 1.57 bits per heavy atom. The third-order valence-electron chi connectivity index (χ3n) is 7.53. The van der Waals surface area contributed by atoms with E-state index in [1.807, 2.05) is 93.3 Å². The molecule has 1 atom stereocenters. The van der Waals surface area contributed by atoms with Crippen molar-refractivity contribution in [2.24, 2.45) is 5.41 Å². The molecular weight excluding hydrogens is 556 g/mol. The summed E-state index contributed by atoms with van der Waals surface area (Å²) in [6, 6.07) is 21.0. The van der Waals surface area contributed by atoms with E-state index in [4.69, 9.17) is 0 Å². The Morgan fingerprint density at radius 3 is 2.23 bits per heavy atom. The first kappa shape index (κ1) is 32.3. The first-order valence-corrected chi connectivity index (χ1v) is 15.0. The summed E-state index contributed by atoms with van der Waals surface area (Å²) < 4.78 is 0. The lowest BCUT2D eigenvalue weighted by atomic mass is 9.92. The number of aryl methyl sites for hydroxylation is 1. The smallest absolute Gasteiger partial charge is 0.305 e. The molecule has 1 aliphatic rings. The number of carbonyl (C=O) groups excluding carboxylic acids is 3. The van der Waals surface area contributed by atoms with Crippen LogP contribution in [0.5, 0.6) is 0 Å². The molecule has 0 radical (unpaired) electrons. The SMILES string of the molecule is Cc1ccc(C(CC(=O)O)NC(=O)c2ccc(N3CCCN(C(=O)c4ccccc4)CC3)c(NC(=O)CC(C)(C)C)c2)cc1. The van der Waals surface area contributed by atoms with Crippen LogP contribution in [0.15, 0.2) is 72.8 Å². The van der Waals surface area contributed by atoms with Crippen molar-refractivity contribution in [2.75, 3.05) is 36.4 Å². The number of nitrogens with one attached hydrogen (secondary N) is 2. The Kier molecular flexibility index (Phi) is 10.4. The Balaban J connectivity index is 1.58. The van der Waals surface area contributed by atoms with Gasteiger partial charge in [-0.1, -0.05) is 68.8 Å².